The lowest BCUT2D eigenvalue weighted by Crippen LogP contribution is -2.31. The average molecular weight is 421 g/mol. The molecule has 3 heterocycles. The number of carbonyl (C=O) groups is 1. The van der Waals surface area contributed by atoms with Crippen molar-refractivity contribution in [1.29, 1.82) is 0 Å². The van der Waals surface area contributed by atoms with E-state index in [9.17, 15) is 4.79 Å². The van der Waals surface area contributed by atoms with Gasteiger partial charge in [0.1, 0.15) is 6.04 Å². The van der Waals surface area contributed by atoms with Crippen LogP contribution in [0.1, 0.15) is 36.6 Å². The normalized spacial score (nSPS) is 15.5. The Morgan fingerprint density at radius 3 is 2.80 bits per heavy atom. The van der Waals surface area contributed by atoms with E-state index in [1.165, 1.54) is 0 Å². The summed E-state index contributed by atoms with van der Waals surface area (Å²) in [4.78, 5) is 22.3. The van der Waals surface area contributed by atoms with Gasteiger partial charge in [0, 0.05) is 23.8 Å². The number of nitrogens with zero attached hydrogens (tertiary/aromatic N) is 4. The first kappa shape index (κ1) is 20.2. The molecule has 1 aromatic carbocycles. The first-order valence-electron chi connectivity index (χ1n) is 9.84. The molecule has 2 aromatic heterocycles. The molecule has 30 heavy (non-hydrogen) atoms. The van der Waals surface area contributed by atoms with E-state index in [0.29, 0.717) is 16.7 Å². The monoisotopic (exact) mass is 420 g/mol. The molecule has 0 unspecified atom stereocenters. The fourth-order valence-electron chi connectivity index (χ4n) is 3.54. The second-order valence-corrected chi connectivity index (χ2v) is 8.38. The zero-order valence-electron chi connectivity index (χ0n) is 17.4. The number of pyridine rings is 1. The van der Waals surface area contributed by atoms with Gasteiger partial charge >= 0.3 is 0 Å². The maximum absolute atomic E-state index is 13.5. The van der Waals surface area contributed by atoms with Gasteiger partial charge in [-0.25, -0.2) is 4.68 Å². The van der Waals surface area contributed by atoms with Gasteiger partial charge in [-0.15, -0.1) is 5.10 Å². The standard InChI is InChI=1S/C22H24N6OS/c1-5-30-22-26-21-24-15(4)18(19(28(21)27-22)16-9-7-11-23-12-16)20(29)25-17-10-6-8-13(2)14(17)3/h6-12,19H,5H2,1-4H3,(H,25,29)(H,24,26,27)/t19-/m1/s1. The van der Waals surface area contributed by atoms with E-state index in [1.54, 1.807) is 28.8 Å². The van der Waals surface area contributed by atoms with Crippen molar-refractivity contribution in [3.8, 4) is 0 Å². The molecule has 1 amide bonds. The van der Waals surface area contributed by atoms with Crippen LogP contribution in [0.5, 0.6) is 0 Å². The van der Waals surface area contributed by atoms with E-state index in [0.717, 1.165) is 33.8 Å². The SMILES string of the molecule is CCSc1nc2n(n1)[C@H](c1cccnc1)C(C(=O)Nc1cccc(C)c1C)=C(C)N2. The van der Waals surface area contributed by atoms with Crippen LogP contribution in [0.3, 0.4) is 0 Å². The number of fused-ring (bicyclic) bond motifs is 1. The maximum Gasteiger partial charge on any atom is 0.255 e. The van der Waals surface area contributed by atoms with Gasteiger partial charge in [0.25, 0.3) is 5.91 Å². The van der Waals surface area contributed by atoms with Gasteiger partial charge in [-0.05, 0) is 55.3 Å². The Hall–Kier alpha value is -3.13. The molecule has 0 aliphatic carbocycles. The van der Waals surface area contributed by atoms with E-state index >= 15 is 0 Å². The van der Waals surface area contributed by atoms with Crippen molar-refractivity contribution in [1.82, 2.24) is 19.7 Å². The molecule has 1 aliphatic heterocycles. The fraction of sp³-hybridized carbons (Fsp3) is 0.273. The minimum atomic E-state index is -0.418. The summed E-state index contributed by atoms with van der Waals surface area (Å²) in [7, 11) is 0. The highest BCUT2D eigenvalue weighted by molar-refractivity contribution is 7.99. The van der Waals surface area contributed by atoms with Gasteiger partial charge in [-0.2, -0.15) is 4.98 Å². The van der Waals surface area contributed by atoms with Crippen LogP contribution >= 0.6 is 11.8 Å². The highest BCUT2D eigenvalue weighted by Gasteiger charge is 2.34. The highest BCUT2D eigenvalue weighted by atomic mass is 32.2. The average Bonchev–Trinajstić information content (AvgIpc) is 3.13. The summed E-state index contributed by atoms with van der Waals surface area (Å²) in [6.07, 6.45) is 3.49. The van der Waals surface area contributed by atoms with Gasteiger partial charge in [-0.3, -0.25) is 9.78 Å². The topological polar surface area (TPSA) is 84.7 Å². The first-order valence-corrected chi connectivity index (χ1v) is 10.8. The first-order chi connectivity index (χ1) is 14.5. The molecule has 0 spiro atoms. The lowest BCUT2D eigenvalue weighted by atomic mass is 9.96. The lowest BCUT2D eigenvalue weighted by Gasteiger charge is -2.28. The maximum atomic E-state index is 13.5. The molecule has 1 aliphatic rings. The van der Waals surface area contributed by atoms with Gasteiger partial charge in [0.2, 0.25) is 11.1 Å². The molecular weight excluding hydrogens is 396 g/mol. The molecule has 3 aromatic rings. The Kier molecular flexibility index (Phi) is 5.59. The Labute approximate surface area is 180 Å². The zero-order valence-corrected chi connectivity index (χ0v) is 18.2. The van der Waals surface area contributed by atoms with E-state index in [4.69, 9.17) is 0 Å². The smallest absolute Gasteiger partial charge is 0.255 e. The molecule has 4 rings (SSSR count). The minimum Gasteiger partial charge on any atom is -0.328 e. The summed E-state index contributed by atoms with van der Waals surface area (Å²) in [5, 5.41) is 11.7. The van der Waals surface area contributed by atoms with Crippen molar-refractivity contribution < 1.29 is 4.79 Å². The van der Waals surface area contributed by atoms with Crippen LogP contribution < -0.4 is 10.6 Å². The number of rotatable bonds is 5. The highest BCUT2D eigenvalue weighted by Crippen LogP contribution is 2.36. The summed E-state index contributed by atoms with van der Waals surface area (Å²) >= 11 is 1.57. The Morgan fingerprint density at radius 2 is 2.07 bits per heavy atom. The number of carbonyl (C=O) groups excluding carboxylic acids is 1. The predicted molar refractivity (Wildman–Crippen MR) is 120 cm³/mol. The van der Waals surface area contributed by atoms with E-state index < -0.39 is 6.04 Å². The molecule has 0 bridgehead atoms. The summed E-state index contributed by atoms with van der Waals surface area (Å²) in [6, 6.07) is 9.30. The molecule has 0 fully saturated rings. The predicted octanol–water partition coefficient (Wildman–Crippen LogP) is 4.33. The second kappa shape index (κ2) is 8.31. The van der Waals surface area contributed by atoms with Crippen molar-refractivity contribution in [2.24, 2.45) is 0 Å². The minimum absolute atomic E-state index is 0.173. The summed E-state index contributed by atoms with van der Waals surface area (Å²) in [5.74, 6) is 1.32. The number of thioether (sulfide) groups is 1. The van der Waals surface area contributed by atoms with Gasteiger partial charge in [0.15, 0.2) is 0 Å². The molecule has 0 saturated heterocycles. The van der Waals surface area contributed by atoms with E-state index in [1.807, 2.05) is 51.1 Å². The number of hydrogen-bond acceptors (Lipinski definition) is 6. The van der Waals surface area contributed by atoms with Crippen LogP contribution in [-0.4, -0.2) is 31.4 Å². The van der Waals surface area contributed by atoms with E-state index in [-0.39, 0.29) is 5.91 Å². The third kappa shape index (κ3) is 3.70. The molecule has 1 atom stereocenters. The van der Waals surface area contributed by atoms with Crippen molar-refractivity contribution in [3.63, 3.8) is 0 Å². The third-order valence-electron chi connectivity index (χ3n) is 5.20. The number of hydrogen-bond donors (Lipinski definition) is 2. The van der Waals surface area contributed by atoms with Crippen LogP contribution in [-0.2, 0) is 4.79 Å². The summed E-state index contributed by atoms with van der Waals surface area (Å²) in [5.41, 5.74) is 5.20. The number of benzene rings is 1. The molecule has 154 valence electrons. The fourth-order valence-corrected chi connectivity index (χ4v) is 4.09. The number of aryl methyl sites for hydroxylation is 1. The number of amides is 1. The van der Waals surface area contributed by atoms with Crippen molar-refractivity contribution in [2.75, 3.05) is 16.4 Å². The van der Waals surface area contributed by atoms with Crippen molar-refractivity contribution >= 4 is 29.3 Å². The third-order valence-corrected chi connectivity index (χ3v) is 5.92. The molecule has 8 heteroatoms. The van der Waals surface area contributed by atoms with Crippen LogP contribution in [0, 0.1) is 13.8 Å². The molecule has 7 nitrogen and oxygen atoms in total. The van der Waals surface area contributed by atoms with Crippen LogP contribution in [0.4, 0.5) is 11.6 Å². The van der Waals surface area contributed by atoms with Crippen LogP contribution in [0.2, 0.25) is 0 Å². The van der Waals surface area contributed by atoms with Gasteiger partial charge in [-0.1, -0.05) is 36.9 Å². The zero-order chi connectivity index (χ0) is 21.3. The quantitative estimate of drug-likeness (QED) is 0.598. The van der Waals surface area contributed by atoms with Crippen LogP contribution in [0.25, 0.3) is 0 Å². The number of aromatic nitrogens is 4. The van der Waals surface area contributed by atoms with Crippen LogP contribution in [0.15, 0.2) is 59.2 Å². The Morgan fingerprint density at radius 1 is 1.23 bits per heavy atom. The molecular formula is C22H24N6OS. The number of nitrogens with one attached hydrogen (secondary N) is 2. The van der Waals surface area contributed by atoms with Gasteiger partial charge in [0.05, 0.1) is 5.57 Å². The Bertz CT molecular complexity index is 1120. The van der Waals surface area contributed by atoms with Gasteiger partial charge < -0.3 is 10.6 Å². The summed E-state index contributed by atoms with van der Waals surface area (Å²) in [6.45, 7) is 7.99. The van der Waals surface area contributed by atoms with Crippen molar-refractivity contribution in [3.05, 3.63) is 70.7 Å². The molecule has 0 saturated carbocycles. The lowest BCUT2D eigenvalue weighted by molar-refractivity contribution is -0.113. The number of allylic oxidation sites excluding steroid dienone is 1. The molecule has 0 radical (unpaired) electrons. The molecule has 2 N–H and O–H groups in total. The number of anilines is 2. The Balaban J connectivity index is 1.77. The van der Waals surface area contributed by atoms with Crippen molar-refractivity contribution in [2.45, 2.75) is 38.9 Å². The second-order valence-electron chi connectivity index (χ2n) is 7.15. The largest absolute Gasteiger partial charge is 0.328 e. The summed E-state index contributed by atoms with van der Waals surface area (Å²) < 4.78 is 1.78. The van der Waals surface area contributed by atoms with E-state index in [2.05, 4.69) is 32.6 Å².